The van der Waals surface area contributed by atoms with Crippen molar-refractivity contribution in [3.63, 3.8) is 0 Å². The molecule has 0 saturated carbocycles. The number of carbonyl (C=O) groups excluding carboxylic acids is 2. The molecule has 0 radical (unpaired) electrons. The molecular weight excluding hydrogens is 398 g/mol. The Balaban J connectivity index is 1.41. The van der Waals surface area contributed by atoms with Crippen molar-refractivity contribution in [2.24, 2.45) is 0 Å². The highest BCUT2D eigenvalue weighted by Crippen LogP contribution is 2.30. The van der Waals surface area contributed by atoms with Crippen LogP contribution < -0.4 is 5.32 Å². The number of nitrogens with one attached hydrogen (secondary N) is 1. The predicted molar refractivity (Wildman–Crippen MR) is 118 cm³/mol. The number of hydrogen-bond acceptors (Lipinski definition) is 4. The Morgan fingerprint density at radius 3 is 2.60 bits per heavy atom. The minimum absolute atomic E-state index is 0.0473. The number of carbonyl (C=O) groups is 2. The summed E-state index contributed by atoms with van der Waals surface area (Å²) in [4.78, 5) is 28.1. The molecule has 0 unspecified atom stereocenters. The molecule has 3 aromatic rings. The van der Waals surface area contributed by atoms with Crippen LogP contribution in [0.4, 0.5) is 0 Å². The van der Waals surface area contributed by atoms with Crippen molar-refractivity contribution in [2.45, 2.75) is 43.7 Å². The molecule has 0 aliphatic carbocycles. The highest BCUT2D eigenvalue weighted by Gasteiger charge is 2.18. The molecule has 2 amide bonds. The van der Waals surface area contributed by atoms with Gasteiger partial charge in [-0.3, -0.25) is 9.59 Å². The Morgan fingerprint density at radius 2 is 1.83 bits per heavy atom. The zero-order valence-corrected chi connectivity index (χ0v) is 17.8. The number of hydrogen-bond donors (Lipinski definition) is 1. The summed E-state index contributed by atoms with van der Waals surface area (Å²) in [5, 5.41) is 3.94. The maximum atomic E-state index is 12.9. The average Bonchev–Trinajstić information content (AvgIpc) is 3.30. The molecule has 2 aromatic heterocycles. The molecule has 1 aliphatic heterocycles. The number of likely N-dealkylation sites (tertiary alicyclic amines) is 1. The molecule has 3 heterocycles. The number of amides is 2. The van der Waals surface area contributed by atoms with E-state index in [4.69, 9.17) is 4.42 Å². The molecule has 0 bridgehead atoms. The molecule has 0 atom stereocenters. The fraction of sp³-hybridized carbons (Fsp3) is 0.391. The second kappa shape index (κ2) is 9.89. The summed E-state index contributed by atoms with van der Waals surface area (Å²) in [7, 11) is 0. The van der Waals surface area contributed by atoms with Crippen LogP contribution in [0.2, 0.25) is 0 Å². The number of nitrogens with zero attached hydrogens (tertiary/aromatic N) is 2. The summed E-state index contributed by atoms with van der Waals surface area (Å²) in [6, 6.07) is 11.7. The lowest BCUT2D eigenvalue weighted by atomic mass is 10.2. The molecule has 1 fully saturated rings. The van der Waals surface area contributed by atoms with Crippen molar-refractivity contribution in [3.05, 3.63) is 54.6 Å². The van der Waals surface area contributed by atoms with Gasteiger partial charge in [-0.15, -0.1) is 11.8 Å². The number of para-hydroxylation sites is 1. The van der Waals surface area contributed by atoms with Gasteiger partial charge in [0.2, 0.25) is 11.8 Å². The Hall–Kier alpha value is -2.67. The van der Waals surface area contributed by atoms with Gasteiger partial charge in [-0.1, -0.05) is 31.0 Å². The third-order valence-electron chi connectivity index (χ3n) is 5.42. The molecule has 0 spiro atoms. The lowest BCUT2D eigenvalue weighted by Crippen LogP contribution is -2.34. The molecular formula is C23H27N3O3S. The van der Waals surface area contributed by atoms with Crippen LogP contribution in [0.25, 0.3) is 10.9 Å². The largest absolute Gasteiger partial charge is 0.467 e. The first-order valence-corrected chi connectivity index (χ1v) is 11.5. The number of aromatic nitrogens is 1. The van der Waals surface area contributed by atoms with E-state index in [0.29, 0.717) is 18.8 Å². The van der Waals surface area contributed by atoms with Crippen molar-refractivity contribution in [1.82, 2.24) is 14.8 Å². The van der Waals surface area contributed by atoms with Gasteiger partial charge in [-0.2, -0.15) is 0 Å². The first-order chi connectivity index (χ1) is 14.7. The normalized spacial score (nSPS) is 14.6. The summed E-state index contributed by atoms with van der Waals surface area (Å²) >= 11 is 1.49. The Morgan fingerprint density at radius 1 is 1.03 bits per heavy atom. The van der Waals surface area contributed by atoms with Crippen molar-refractivity contribution < 1.29 is 14.0 Å². The fourth-order valence-corrected chi connectivity index (χ4v) is 4.74. The summed E-state index contributed by atoms with van der Waals surface area (Å²) < 4.78 is 7.26. The molecule has 1 N–H and O–H groups in total. The lowest BCUT2D eigenvalue weighted by molar-refractivity contribution is -0.131. The summed E-state index contributed by atoms with van der Waals surface area (Å²) in [6.07, 6.45) is 8.19. The number of furan rings is 1. The molecule has 1 saturated heterocycles. The summed E-state index contributed by atoms with van der Waals surface area (Å²) in [5.74, 6) is 1.17. The number of benzene rings is 1. The molecule has 30 heavy (non-hydrogen) atoms. The molecule has 6 nitrogen and oxygen atoms in total. The fourth-order valence-electron chi connectivity index (χ4n) is 3.82. The van der Waals surface area contributed by atoms with Gasteiger partial charge in [0.25, 0.3) is 0 Å². The van der Waals surface area contributed by atoms with Crippen LogP contribution in [0.1, 0.15) is 31.4 Å². The third-order valence-corrected chi connectivity index (χ3v) is 6.46. The quantitative estimate of drug-likeness (QED) is 0.580. The van der Waals surface area contributed by atoms with E-state index in [-0.39, 0.29) is 11.8 Å². The average molecular weight is 426 g/mol. The molecule has 1 aromatic carbocycles. The molecule has 4 rings (SSSR count). The van der Waals surface area contributed by atoms with E-state index < -0.39 is 0 Å². The summed E-state index contributed by atoms with van der Waals surface area (Å²) in [6.45, 7) is 2.44. The van der Waals surface area contributed by atoms with Gasteiger partial charge in [0.15, 0.2) is 0 Å². The standard InChI is InChI=1S/C23H27N3O3S/c27-22(24-14-18-8-7-13-29-18)17-30-21-15-26(20-10-4-3-9-19(20)21)16-23(28)25-11-5-1-2-6-12-25/h3-4,7-10,13,15H,1-2,5-6,11-12,14,16-17H2,(H,24,27). The Bertz CT molecular complexity index is 988. The van der Waals surface area contributed by atoms with Crippen LogP contribution in [0.3, 0.4) is 0 Å². The minimum Gasteiger partial charge on any atom is -0.467 e. The van der Waals surface area contributed by atoms with Crippen molar-refractivity contribution in [3.8, 4) is 0 Å². The second-order valence-corrected chi connectivity index (χ2v) is 8.60. The highest BCUT2D eigenvalue weighted by molar-refractivity contribution is 8.00. The Kier molecular flexibility index (Phi) is 6.79. The van der Waals surface area contributed by atoms with Crippen LogP contribution in [-0.4, -0.2) is 40.1 Å². The number of rotatable bonds is 7. The topological polar surface area (TPSA) is 67.5 Å². The van der Waals surface area contributed by atoms with E-state index in [2.05, 4.69) is 5.32 Å². The second-order valence-electron chi connectivity index (χ2n) is 7.58. The van der Waals surface area contributed by atoms with Crippen molar-refractivity contribution in [2.75, 3.05) is 18.8 Å². The van der Waals surface area contributed by atoms with Gasteiger partial charge in [0.05, 0.1) is 18.6 Å². The first kappa shape index (κ1) is 20.6. The van der Waals surface area contributed by atoms with Crippen molar-refractivity contribution >= 4 is 34.5 Å². The minimum atomic E-state index is -0.0473. The highest BCUT2D eigenvalue weighted by atomic mass is 32.2. The first-order valence-electron chi connectivity index (χ1n) is 10.5. The molecule has 1 aliphatic rings. The van der Waals surface area contributed by atoms with Gasteiger partial charge in [-0.05, 0) is 31.0 Å². The van der Waals surface area contributed by atoms with Crippen LogP contribution in [0.5, 0.6) is 0 Å². The predicted octanol–water partition coefficient (Wildman–Crippen LogP) is 4.05. The van der Waals surface area contributed by atoms with Crippen LogP contribution >= 0.6 is 11.8 Å². The monoisotopic (exact) mass is 425 g/mol. The van der Waals surface area contributed by atoms with Gasteiger partial charge >= 0.3 is 0 Å². The van der Waals surface area contributed by atoms with E-state index in [0.717, 1.165) is 47.5 Å². The van der Waals surface area contributed by atoms with E-state index in [1.165, 1.54) is 24.6 Å². The van der Waals surface area contributed by atoms with E-state index >= 15 is 0 Å². The van der Waals surface area contributed by atoms with Crippen LogP contribution in [0.15, 0.2) is 58.2 Å². The summed E-state index contributed by atoms with van der Waals surface area (Å²) in [5.41, 5.74) is 1.03. The van der Waals surface area contributed by atoms with Crippen LogP contribution in [0, 0.1) is 0 Å². The zero-order valence-electron chi connectivity index (χ0n) is 17.0. The van der Waals surface area contributed by atoms with E-state index in [9.17, 15) is 9.59 Å². The Labute approximate surface area is 180 Å². The third kappa shape index (κ3) is 5.08. The van der Waals surface area contributed by atoms with Crippen molar-refractivity contribution in [1.29, 1.82) is 0 Å². The lowest BCUT2D eigenvalue weighted by Gasteiger charge is -2.20. The van der Waals surface area contributed by atoms with E-state index in [1.807, 2.05) is 46.0 Å². The number of thioether (sulfide) groups is 1. The van der Waals surface area contributed by atoms with E-state index in [1.54, 1.807) is 12.3 Å². The maximum Gasteiger partial charge on any atom is 0.242 e. The maximum absolute atomic E-state index is 12.9. The van der Waals surface area contributed by atoms with Gasteiger partial charge in [-0.25, -0.2) is 0 Å². The smallest absolute Gasteiger partial charge is 0.242 e. The van der Waals surface area contributed by atoms with Gasteiger partial charge in [0.1, 0.15) is 12.3 Å². The van der Waals surface area contributed by atoms with Gasteiger partial charge < -0.3 is 19.2 Å². The zero-order chi connectivity index (χ0) is 20.8. The van der Waals surface area contributed by atoms with Crippen LogP contribution in [-0.2, 0) is 22.7 Å². The van der Waals surface area contributed by atoms with Gasteiger partial charge in [0, 0.05) is 35.1 Å². The molecule has 158 valence electrons. The molecule has 7 heteroatoms. The number of fused-ring (bicyclic) bond motifs is 1. The SMILES string of the molecule is O=C(CSc1cn(CC(=O)N2CCCCCC2)c2ccccc12)NCc1ccco1.